The molecule has 0 amide bonds. The number of nitrogens with one attached hydrogen (secondary N) is 2. The van der Waals surface area contributed by atoms with Crippen molar-refractivity contribution >= 4 is 21.9 Å². The molecule has 0 saturated heterocycles. The molecular formula is C19H22BrN3O3. The molecule has 0 bridgehead atoms. The summed E-state index contributed by atoms with van der Waals surface area (Å²) in [5, 5.41) is 6.63. The van der Waals surface area contributed by atoms with Crippen LogP contribution in [0.1, 0.15) is 11.1 Å². The van der Waals surface area contributed by atoms with Gasteiger partial charge in [0.25, 0.3) is 0 Å². The van der Waals surface area contributed by atoms with Crippen molar-refractivity contribution in [1.82, 2.24) is 10.6 Å². The number of methoxy groups -OCH3 is 1. The van der Waals surface area contributed by atoms with Gasteiger partial charge in [0.1, 0.15) is 5.75 Å². The molecule has 2 aromatic carbocycles. The highest BCUT2D eigenvalue weighted by Gasteiger charge is 2.17. The Kier molecular flexibility index (Phi) is 6.22. The van der Waals surface area contributed by atoms with Gasteiger partial charge in [0, 0.05) is 20.1 Å². The summed E-state index contributed by atoms with van der Waals surface area (Å²) in [5.41, 5.74) is 2.33. The number of fused-ring (bicyclic) bond motifs is 1. The van der Waals surface area contributed by atoms with E-state index in [0.717, 1.165) is 46.2 Å². The van der Waals surface area contributed by atoms with Gasteiger partial charge in [-0.2, -0.15) is 0 Å². The minimum absolute atomic E-state index is 0.263. The van der Waals surface area contributed by atoms with Crippen LogP contribution in [0.5, 0.6) is 17.2 Å². The summed E-state index contributed by atoms with van der Waals surface area (Å²) in [6.45, 7) is 1.69. The minimum Gasteiger partial charge on any atom is -0.497 e. The second-order valence-electron chi connectivity index (χ2n) is 5.76. The molecule has 0 aliphatic carbocycles. The van der Waals surface area contributed by atoms with E-state index >= 15 is 0 Å². The smallest absolute Gasteiger partial charge is 0.231 e. The first-order valence-corrected chi connectivity index (χ1v) is 9.14. The lowest BCUT2D eigenvalue weighted by Crippen LogP contribution is -2.37. The van der Waals surface area contributed by atoms with Gasteiger partial charge in [-0.3, -0.25) is 4.99 Å². The topological polar surface area (TPSA) is 64.1 Å². The standard InChI is InChI=1S/C19H22BrN3O3/c1-21-19(22-8-7-13-3-5-15(24-2)6-4-13)23-11-14-9-16(20)18-17(10-14)25-12-26-18/h3-6,9-10H,7-8,11-12H2,1-2H3,(H2,21,22,23). The molecule has 1 heterocycles. The Labute approximate surface area is 161 Å². The SMILES string of the molecule is CN=C(NCCc1ccc(OC)cc1)NCc1cc(Br)c2c(c1)OCO2. The summed E-state index contributed by atoms with van der Waals surface area (Å²) < 4.78 is 16.9. The number of halogens is 1. The van der Waals surface area contributed by atoms with Gasteiger partial charge in [-0.1, -0.05) is 12.1 Å². The van der Waals surface area contributed by atoms with Gasteiger partial charge in [-0.05, 0) is 57.7 Å². The second kappa shape index (κ2) is 8.80. The number of nitrogens with zero attached hydrogens (tertiary/aromatic N) is 1. The maximum Gasteiger partial charge on any atom is 0.231 e. The van der Waals surface area contributed by atoms with Crippen LogP contribution < -0.4 is 24.8 Å². The first-order chi connectivity index (χ1) is 12.7. The Morgan fingerprint density at radius 3 is 2.69 bits per heavy atom. The zero-order valence-electron chi connectivity index (χ0n) is 14.8. The minimum atomic E-state index is 0.263. The summed E-state index contributed by atoms with van der Waals surface area (Å²) in [4.78, 5) is 4.26. The number of hydrogen-bond donors (Lipinski definition) is 2. The molecule has 0 spiro atoms. The average Bonchev–Trinajstić information content (AvgIpc) is 3.14. The van der Waals surface area contributed by atoms with Gasteiger partial charge in [0.05, 0.1) is 11.6 Å². The molecule has 0 radical (unpaired) electrons. The van der Waals surface area contributed by atoms with E-state index in [2.05, 4.69) is 43.7 Å². The monoisotopic (exact) mass is 419 g/mol. The number of rotatable bonds is 6. The normalized spacial score (nSPS) is 12.8. The van der Waals surface area contributed by atoms with E-state index in [0.29, 0.717) is 6.54 Å². The molecule has 0 atom stereocenters. The first kappa shape index (κ1) is 18.4. The third-order valence-electron chi connectivity index (χ3n) is 4.04. The van der Waals surface area contributed by atoms with Crippen molar-refractivity contribution in [2.45, 2.75) is 13.0 Å². The second-order valence-corrected chi connectivity index (χ2v) is 6.62. The summed E-state index contributed by atoms with van der Waals surface area (Å²) in [7, 11) is 3.43. The summed E-state index contributed by atoms with van der Waals surface area (Å²) in [6, 6.07) is 12.1. The summed E-state index contributed by atoms with van der Waals surface area (Å²) >= 11 is 3.51. The fourth-order valence-electron chi connectivity index (χ4n) is 2.65. The van der Waals surface area contributed by atoms with Crippen molar-refractivity contribution in [3.05, 3.63) is 52.0 Å². The van der Waals surface area contributed by atoms with E-state index in [9.17, 15) is 0 Å². The number of ether oxygens (including phenoxy) is 3. The van der Waals surface area contributed by atoms with Crippen LogP contribution in [-0.4, -0.2) is 33.5 Å². The van der Waals surface area contributed by atoms with Crippen LogP contribution in [0.25, 0.3) is 0 Å². The zero-order chi connectivity index (χ0) is 18.4. The molecule has 0 aromatic heterocycles. The Morgan fingerprint density at radius 1 is 1.15 bits per heavy atom. The molecule has 1 aliphatic heterocycles. The quantitative estimate of drug-likeness (QED) is 0.556. The van der Waals surface area contributed by atoms with E-state index < -0.39 is 0 Å². The van der Waals surface area contributed by atoms with Crippen LogP contribution in [0.4, 0.5) is 0 Å². The van der Waals surface area contributed by atoms with E-state index in [-0.39, 0.29) is 6.79 Å². The molecule has 26 heavy (non-hydrogen) atoms. The lowest BCUT2D eigenvalue weighted by atomic mass is 10.1. The third kappa shape index (κ3) is 4.60. The highest BCUT2D eigenvalue weighted by molar-refractivity contribution is 9.10. The van der Waals surface area contributed by atoms with E-state index in [1.54, 1.807) is 14.2 Å². The van der Waals surface area contributed by atoms with Gasteiger partial charge >= 0.3 is 0 Å². The molecule has 0 saturated carbocycles. The lowest BCUT2D eigenvalue weighted by Gasteiger charge is -2.13. The summed E-state index contributed by atoms with van der Waals surface area (Å²) in [6.07, 6.45) is 0.903. The molecule has 2 aromatic rings. The maximum absolute atomic E-state index is 5.45. The van der Waals surface area contributed by atoms with Crippen LogP contribution in [0.15, 0.2) is 45.9 Å². The first-order valence-electron chi connectivity index (χ1n) is 8.35. The third-order valence-corrected chi connectivity index (χ3v) is 4.62. The zero-order valence-corrected chi connectivity index (χ0v) is 16.4. The van der Waals surface area contributed by atoms with E-state index in [1.807, 2.05) is 24.3 Å². The van der Waals surface area contributed by atoms with Gasteiger partial charge in [-0.15, -0.1) is 0 Å². The molecule has 138 valence electrons. The van der Waals surface area contributed by atoms with Crippen molar-refractivity contribution < 1.29 is 14.2 Å². The molecule has 7 heteroatoms. The molecule has 0 fully saturated rings. The number of hydrogen-bond acceptors (Lipinski definition) is 4. The van der Waals surface area contributed by atoms with Gasteiger partial charge < -0.3 is 24.8 Å². The number of guanidine groups is 1. The van der Waals surface area contributed by atoms with Crippen LogP contribution in [0, 0.1) is 0 Å². The Bertz CT molecular complexity index is 778. The Hall–Kier alpha value is -2.41. The molecule has 1 aliphatic rings. The predicted octanol–water partition coefficient (Wildman–Crippen LogP) is 3.09. The van der Waals surface area contributed by atoms with Gasteiger partial charge in [0.2, 0.25) is 6.79 Å². The maximum atomic E-state index is 5.45. The van der Waals surface area contributed by atoms with Crippen LogP contribution in [0.3, 0.4) is 0 Å². The van der Waals surface area contributed by atoms with Crippen LogP contribution >= 0.6 is 15.9 Å². The largest absolute Gasteiger partial charge is 0.497 e. The van der Waals surface area contributed by atoms with Gasteiger partial charge in [0.15, 0.2) is 17.5 Å². The summed E-state index contributed by atoms with van der Waals surface area (Å²) in [5.74, 6) is 3.15. The number of benzene rings is 2. The van der Waals surface area contributed by atoms with Crippen LogP contribution in [-0.2, 0) is 13.0 Å². The highest BCUT2D eigenvalue weighted by atomic mass is 79.9. The van der Waals surface area contributed by atoms with E-state index in [1.165, 1.54) is 5.56 Å². The Balaban J connectivity index is 1.48. The average molecular weight is 420 g/mol. The fourth-order valence-corrected chi connectivity index (χ4v) is 3.25. The Morgan fingerprint density at radius 2 is 1.96 bits per heavy atom. The molecule has 2 N–H and O–H groups in total. The van der Waals surface area contributed by atoms with Crippen LogP contribution in [0.2, 0.25) is 0 Å². The van der Waals surface area contributed by atoms with Crippen molar-refractivity contribution in [2.75, 3.05) is 27.5 Å². The lowest BCUT2D eigenvalue weighted by molar-refractivity contribution is 0.173. The van der Waals surface area contributed by atoms with E-state index in [4.69, 9.17) is 14.2 Å². The highest BCUT2D eigenvalue weighted by Crippen LogP contribution is 2.39. The van der Waals surface area contributed by atoms with Gasteiger partial charge in [-0.25, -0.2) is 0 Å². The molecule has 0 unspecified atom stereocenters. The number of aliphatic imine (C=N–C) groups is 1. The van der Waals surface area contributed by atoms with Crippen molar-refractivity contribution in [3.8, 4) is 17.2 Å². The molecular weight excluding hydrogens is 398 g/mol. The van der Waals surface area contributed by atoms with Crippen molar-refractivity contribution in [3.63, 3.8) is 0 Å². The van der Waals surface area contributed by atoms with Crippen molar-refractivity contribution in [1.29, 1.82) is 0 Å². The predicted molar refractivity (Wildman–Crippen MR) is 105 cm³/mol. The van der Waals surface area contributed by atoms with Crippen molar-refractivity contribution in [2.24, 2.45) is 4.99 Å². The molecule has 3 rings (SSSR count). The fraction of sp³-hybridized carbons (Fsp3) is 0.316. The molecule has 6 nitrogen and oxygen atoms in total.